The van der Waals surface area contributed by atoms with Crippen LogP contribution in [0.4, 0.5) is 0 Å². The number of methoxy groups -OCH3 is 1. The second-order valence-electron chi connectivity index (χ2n) is 2.95. The Labute approximate surface area is 86.5 Å². The molecular weight excluding hydrogens is 198 g/mol. The normalized spacial score (nSPS) is 11.8. The molecule has 0 aliphatic heterocycles. The molecular formula is C10H11NO4. The molecule has 0 aromatic heterocycles. The van der Waals surface area contributed by atoms with E-state index in [1.807, 2.05) is 0 Å². The largest absolute Gasteiger partial charge is 0.497 e. The summed E-state index contributed by atoms with van der Waals surface area (Å²) < 4.78 is 4.92. The number of rotatable bonds is 4. The third-order valence-electron chi connectivity index (χ3n) is 1.96. The van der Waals surface area contributed by atoms with Gasteiger partial charge < -0.3 is 15.6 Å². The van der Waals surface area contributed by atoms with Gasteiger partial charge in [-0.05, 0) is 17.7 Å². The van der Waals surface area contributed by atoms with Crippen molar-refractivity contribution in [2.75, 3.05) is 7.11 Å². The van der Waals surface area contributed by atoms with Crippen molar-refractivity contribution in [2.24, 2.45) is 5.73 Å². The second kappa shape index (κ2) is 4.45. The van der Waals surface area contributed by atoms with E-state index < -0.39 is 17.8 Å². The Hall–Kier alpha value is -2.04. The molecule has 0 spiro atoms. The van der Waals surface area contributed by atoms with Crippen molar-refractivity contribution >= 4 is 11.9 Å². The lowest BCUT2D eigenvalue weighted by molar-refractivity contribution is -0.142. The summed E-state index contributed by atoms with van der Waals surface area (Å²) in [6, 6.07) is 6.26. The molecule has 0 fully saturated rings. The third-order valence-corrected chi connectivity index (χ3v) is 1.96. The summed E-state index contributed by atoms with van der Waals surface area (Å²) in [5, 5.41) is 8.82. The van der Waals surface area contributed by atoms with Crippen molar-refractivity contribution in [3.05, 3.63) is 29.8 Å². The number of primary amides is 1. The number of aliphatic carboxylic acids is 1. The first-order chi connectivity index (χ1) is 7.06. The van der Waals surface area contributed by atoms with Crippen LogP contribution in [-0.2, 0) is 9.59 Å². The summed E-state index contributed by atoms with van der Waals surface area (Å²) in [7, 11) is 1.46. The number of benzene rings is 1. The van der Waals surface area contributed by atoms with Crippen LogP contribution >= 0.6 is 0 Å². The maximum absolute atomic E-state index is 10.9. The number of hydrogen-bond acceptors (Lipinski definition) is 3. The van der Waals surface area contributed by atoms with Crippen LogP contribution in [-0.4, -0.2) is 24.1 Å². The molecule has 3 N–H and O–H groups in total. The summed E-state index contributed by atoms with van der Waals surface area (Å²) in [4.78, 5) is 21.7. The quantitative estimate of drug-likeness (QED) is 0.700. The van der Waals surface area contributed by atoms with Crippen LogP contribution in [0, 0.1) is 0 Å². The van der Waals surface area contributed by atoms with Crippen molar-refractivity contribution in [1.29, 1.82) is 0 Å². The van der Waals surface area contributed by atoms with E-state index in [4.69, 9.17) is 15.6 Å². The Morgan fingerprint density at radius 3 is 2.60 bits per heavy atom. The molecule has 0 saturated heterocycles. The zero-order valence-electron chi connectivity index (χ0n) is 8.14. The number of nitrogens with two attached hydrogens (primary N) is 1. The van der Waals surface area contributed by atoms with E-state index in [1.54, 1.807) is 12.1 Å². The maximum Gasteiger partial charge on any atom is 0.320 e. The fourth-order valence-corrected chi connectivity index (χ4v) is 1.25. The van der Waals surface area contributed by atoms with Gasteiger partial charge in [0.1, 0.15) is 5.75 Å². The van der Waals surface area contributed by atoms with Crippen molar-refractivity contribution in [2.45, 2.75) is 5.92 Å². The van der Waals surface area contributed by atoms with Crippen LogP contribution in [0.25, 0.3) is 0 Å². The van der Waals surface area contributed by atoms with Gasteiger partial charge in [0.05, 0.1) is 7.11 Å². The van der Waals surface area contributed by atoms with Gasteiger partial charge in [-0.1, -0.05) is 12.1 Å². The number of ether oxygens (including phenoxy) is 1. The Morgan fingerprint density at radius 1 is 1.47 bits per heavy atom. The first-order valence-electron chi connectivity index (χ1n) is 4.22. The monoisotopic (exact) mass is 209 g/mol. The minimum atomic E-state index is -1.33. The fourth-order valence-electron chi connectivity index (χ4n) is 1.25. The highest BCUT2D eigenvalue weighted by molar-refractivity contribution is 6.01. The van der Waals surface area contributed by atoms with Gasteiger partial charge in [0.25, 0.3) is 0 Å². The number of hydrogen-bond donors (Lipinski definition) is 2. The predicted octanol–water partition coefficient (Wildman–Crippen LogP) is 0.349. The van der Waals surface area contributed by atoms with Crippen LogP contribution in [0.2, 0.25) is 0 Å². The van der Waals surface area contributed by atoms with Gasteiger partial charge in [-0.2, -0.15) is 0 Å². The second-order valence-corrected chi connectivity index (χ2v) is 2.95. The lowest BCUT2D eigenvalue weighted by Gasteiger charge is -2.09. The summed E-state index contributed by atoms with van der Waals surface area (Å²) in [5.41, 5.74) is 5.31. The Morgan fingerprint density at radius 2 is 2.13 bits per heavy atom. The van der Waals surface area contributed by atoms with Crippen molar-refractivity contribution < 1.29 is 19.4 Å². The lowest BCUT2D eigenvalue weighted by atomic mass is 9.98. The average molecular weight is 209 g/mol. The predicted molar refractivity (Wildman–Crippen MR) is 52.6 cm³/mol. The molecule has 1 unspecified atom stereocenters. The first kappa shape index (κ1) is 11.0. The molecule has 15 heavy (non-hydrogen) atoms. The summed E-state index contributed by atoms with van der Waals surface area (Å²) in [5.74, 6) is -3.01. The zero-order valence-corrected chi connectivity index (χ0v) is 8.14. The molecule has 5 nitrogen and oxygen atoms in total. The van der Waals surface area contributed by atoms with Gasteiger partial charge in [-0.15, -0.1) is 0 Å². The first-order valence-corrected chi connectivity index (χ1v) is 4.22. The average Bonchev–Trinajstić information content (AvgIpc) is 2.17. The Bertz CT molecular complexity index is 375. The molecule has 1 aromatic rings. The minimum absolute atomic E-state index is 0.314. The van der Waals surface area contributed by atoms with E-state index in [0.29, 0.717) is 11.3 Å². The molecule has 0 radical (unpaired) electrons. The molecule has 0 aliphatic rings. The van der Waals surface area contributed by atoms with E-state index in [0.717, 1.165) is 0 Å². The standard InChI is InChI=1S/C10H11NO4/c1-15-7-4-2-3-6(5-7)8(9(11)12)10(13)14/h2-5,8H,1H3,(H2,11,12)(H,13,14). The summed E-state index contributed by atoms with van der Waals surface area (Å²) >= 11 is 0. The number of carbonyl (C=O) groups is 2. The van der Waals surface area contributed by atoms with Crippen LogP contribution in [0.1, 0.15) is 11.5 Å². The SMILES string of the molecule is COc1cccc(C(C(N)=O)C(=O)O)c1. The Kier molecular flexibility index (Phi) is 3.28. The molecule has 1 rings (SSSR count). The van der Waals surface area contributed by atoms with E-state index in [2.05, 4.69) is 0 Å². The number of carbonyl (C=O) groups excluding carboxylic acids is 1. The molecule has 5 heteroatoms. The molecule has 1 atom stereocenters. The van der Waals surface area contributed by atoms with Crippen molar-refractivity contribution in [3.63, 3.8) is 0 Å². The van der Waals surface area contributed by atoms with E-state index >= 15 is 0 Å². The molecule has 0 heterocycles. The van der Waals surface area contributed by atoms with Crippen LogP contribution in [0.3, 0.4) is 0 Å². The van der Waals surface area contributed by atoms with Gasteiger partial charge in [0.15, 0.2) is 5.92 Å². The molecule has 0 bridgehead atoms. The van der Waals surface area contributed by atoms with E-state index in [9.17, 15) is 9.59 Å². The molecule has 1 amide bonds. The van der Waals surface area contributed by atoms with Gasteiger partial charge >= 0.3 is 5.97 Å². The molecule has 1 aromatic carbocycles. The van der Waals surface area contributed by atoms with E-state index in [-0.39, 0.29) is 0 Å². The fraction of sp³-hybridized carbons (Fsp3) is 0.200. The zero-order chi connectivity index (χ0) is 11.4. The molecule has 80 valence electrons. The number of amides is 1. The number of carboxylic acids is 1. The summed E-state index contributed by atoms with van der Waals surface area (Å²) in [6.45, 7) is 0. The maximum atomic E-state index is 10.9. The summed E-state index contributed by atoms with van der Waals surface area (Å²) in [6.07, 6.45) is 0. The Balaban J connectivity index is 3.11. The van der Waals surface area contributed by atoms with E-state index in [1.165, 1.54) is 19.2 Å². The third kappa shape index (κ3) is 2.46. The molecule has 0 aliphatic carbocycles. The minimum Gasteiger partial charge on any atom is -0.497 e. The number of carboxylic acid groups (broad SMARTS) is 1. The highest BCUT2D eigenvalue weighted by Gasteiger charge is 2.25. The van der Waals surface area contributed by atoms with Crippen molar-refractivity contribution in [3.8, 4) is 5.75 Å². The van der Waals surface area contributed by atoms with Gasteiger partial charge in [0.2, 0.25) is 5.91 Å². The van der Waals surface area contributed by atoms with Gasteiger partial charge in [-0.3, -0.25) is 9.59 Å². The van der Waals surface area contributed by atoms with Crippen LogP contribution in [0.5, 0.6) is 5.75 Å². The smallest absolute Gasteiger partial charge is 0.320 e. The van der Waals surface area contributed by atoms with Crippen LogP contribution < -0.4 is 10.5 Å². The lowest BCUT2D eigenvalue weighted by Crippen LogP contribution is -2.28. The highest BCUT2D eigenvalue weighted by Crippen LogP contribution is 2.20. The van der Waals surface area contributed by atoms with Crippen molar-refractivity contribution in [1.82, 2.24) is 0 Å². The van der Waals surface area contributed by atoms with Gasteiger partial charge in [0, 0.05) is 0 Å². The van der Waals surface area contributed by atoms with Crippen LogP contribution in [0.15, 0.2) is 24.3 Å². The molecule has 0 saturated carbocycles. The topological polar surface area (TPSA) is 89.6 Å². The highest BCUT2D eigenvalue weighted by atomic mass is 16.5. The van der Waals surface area contributed by atoms with Gasteiger partial charge in [-0.25, -0.2) is 0 Å².